The van der Waals surface area contributed by atoms with Crippen LogP contribution in [0.2, 0.25) is 0 Å². The minimum Gasteiger partial charge on any atom is -0.494 e. The van der Waals surface area contributed by atoms with Crippen LogP contribution >= 0.6 is 0 Å². The van der Waals surface area contributed by atoms with Crippen LogP contribution in [0.15, 0.2) is 24.3 Å². The number of nitrogens with two attached hydrogens (primary N) is 2. The number of benzene rings is 1. The van der Waals surface area contributed by atoms with E-state index in [1.165, 1.54) is 0 Å². The van der Waals surface area contributed by atoms with Crippen molar-refractivity contribution in [3.05, 3.63) is 29.8 Å². The van der Waals surface area contributed by atoms with E-state index in [-0.39, 0.29) is 31.2 Å². The predicted molar refractivity (Wildman–Crippen MR) is 185 cm³/mol. The second-order valence-corrected chi connectivity index (χ2v) is 13.8. The van der Waals surface area contributed by atoms with Gasteiger partial charge in [0.1, 0.15) is 23.9 Å². The summed E-state index contributed by atoms with van der Waals surface area (Å²) in [6.07, 6.45) is 1.57. The lowest BCUT2D eigenvalue weighted by molar-refractivity contribution is -0.134. The van der Waals surface area contributed by atoms with Crippen LogP contribution in [0.5, 0.6) is 5.75 Å². The number of nitrogens with zero attached hydrogens (tertiary/aromatic N) is 1. The smallest absolute Gasteiger partial charge is 0.243 e. The van der Waals surface area contributed by atoms with Gasteiger partial charge in [-0.05, 0) is 68.2 Å². The molecule has 15 nitrogen and oxygen atoms in total. The van der Waals surface area contributed by atoms with E-state index < -0.39 is 78.2 Å². The molecule has 6 amide bonds. The van der Waals surface area contributed by atoms with Crippen molar-refractivity contribution < 1.29 is 38.6 Å². The number of primary amides is 2. The molecule has 15 heteroatoms. The maximum absolute atomic E-state index is 13.7. The van der Waals surface area contributed by atoms with Gasteiger partial charge < -0.3 is 42.6 Å². The Morgan fingerprint density at radius 1 is 1.00 bits per heavy atom. The summed E-state index contributed by atoms with van der Waals surface area (Å²) in [5.41, 5.74) is 11.7. The van der Waals surface area contributed by atoms with Crippen LogP contribution in [-0.4, -0.2) is 101 Å². The standard InChI is InChI=1S/C35H55N7O8/c1-5-21(4)31(35(49)40-30(20(2)3)32(37)46)41-34(48)26-9-8-15-42(26)19-27(43)24-17-22-11-13-23(14-12-22)50-16-7-6-10-29(45)38-25(18-28(36)44)33(47)39-24/h11-14,20-21,24-27,30-31,43H,5-10,15-19H2,1-4H3,(H2,36,44)(H2,37,46)(H,38,45)(H,39,47)(H,40,49)(H,41,48)/t21-,24+,25?,26-,27+,30-,31-/m0/s1. The first-order chi connectivity index (χ1) is 23.7. The molecule has 50 heavy (non-hydrogen) atoms. The predicted octanol–water partition coefficient (Wildman–Crippen LogP) is -0.381. The molecule has 278 valence electrons. The fourth-order valence-corrected chi connectivity index (χ4v) is 6.27. The summed E-state index contributed by atoms with van der Waals surface area (Å²) in [6.45, 7) is 8.16. The Morgan fingerprint density at radius 3 is 2.32 bits per heavy atom. The molecule has 1 unspecified atom stereocenters. The fraction of sp³-hybridized carbons (Fsp3) is 0.657. The molecule has 1 fully saturated rings. The van der Waals surface area contributed by atoms with Crippen molar-refractivity contribution in [1.29, 1.82) is 0 Å². The summed E-state index contributed by atoms with van der Waals surface area (Å²) in [4.78, 5) is 78.7. The van der Waals surface area contributed by atoms with Gasteiger partial charge in [-0.1, -0.05) is 46.2 Å². The lowest BCUT2D eigenvalue weighted by Gasteiger charge is -2.33. The molecule has 0 radical (unpaired) electrons. The number of hydrogen-bond acceptors (Lipinski definition) is 9. The minimum absolute atomic E-state index is 0.00830. The molecular formula is C35H55N7O8. The van der Waals surface area contributed by atoms with Crippen LogP contribution in [0.3, 0.4) is 0 Å². The van der Waals surface area contributed by atoms with Crippen molar-refractivity contribution in [2.45, 2.75) is 115 Å². The van der Waals surface area contributed by atoms with Gasteiger partial charge in [-0.25, -0.2) is 0 Å². The fourth-order valence-electron chi connectivity index (χ4n) is 6.27. The van der Waals surface area contributed by atoms with E-state index in [1.807, 2.05) is 30.9 Å². The number of carbonyl (C=O) groups excluding carboxylic acids is 6. The first kappa shape index (κ1) is 40.2. The van der Waals surface area contributed by atoms with Gasteiger partial charge in [0, 0.05) is 13.0 Å². The third kappa shape index (κ3) is 12.0. The van der Waals surface area contributed by atoms with Crippen LogP contribution in [0.1, 0.15) is 78.2 Å². The maximum Gasteiger partial charge on any atom is 0.243 e. The molecule has 9 N–H and O–H groups in total. The van der Waals surface area contributed by atoms with Crippen molar-refractivity contribution in [1.82, 2.24) is 26.2 Å². The van der Waals surface area contributed by atoms with E-state index in [0.717, 1.165) is 5.56 Å². The molecular weight excluding hydrogens is 646 g/mol. The van der Waals surface area contributed by atoms with Gasteiger partial charge in [0.25, 0.3) is 0 Å². The molecule has 2 bridgehead atoms. The summed E-state index contributed by atoms with van der Waals surface area (Å²) >= 11 is 0. The minimum atomic E-state index is -1.24. The normalized spacial score (nSPS) is 23.1. The summed E-state index contributed by atoms with van der Waals surface area (Å²) < 4.78 is 5.78. The van der Waals surface area contributed by atoms with Gasteiger partial charge in [0.05, 0.1) is 31.2 Å². The number of fused-ring (bicyclic) bond motifs is 13. The molecule has 0 aliphatic carbocycles. The second-order valence-electron chi connectivity index (χ2n) is 13.8. The number of aliphatic hydroxyl groups is 1. The van der Waals surface area contributed by atoms with E-state index in [0.29, 0.717) is 51.0 Å². The molecule has 3 aliphatic heterocycles. The highest BCUT2D eigenvalue weighted by Gasteiger charge is 2.38. The topological polar surface area (TPSA) is 235 Å². The van der Waals surface area contributed by atoms with Gasteiger partial charge >= 0.3 is 0 Å². The van der Waals surface area contributed by atoms with E-state index in [9.17, 15) is 33.9 Å². The van der Waals surface area contributed by atoms with E-state index in [1.54, 1.807) is 26.0 Å². The molecule has 3 heterocycles. The molecule has 0 saturated carbocycles. The summed E-state index contributed by atoms with van der Waals surface area (Å²) in [5.74, 6) is -3.26. The van der Waals surface area contributed by atoms with Crippen molar-refractivity contribution in [2.75, 3.05) is 19.7 Å². The molecule has 1 aromatic rings. The second kappa shape index (κ2) is 19.2. The zero-order valence-electron chi connectivity index (χ0n) is 29.6. The van der Waals surface area contributed by atoms with Crippen molar-refractivity contribution >= 4 is 35.4 Å². The Hall–Kier alpha value is -4.24. The molecule has 7 atom stereocenters. The number of ether oxygens (including phenoxy) is 1. The van der Waals surface area contributed by atoms with Gasteiger partial charge in [-0.15, -0.1) is 0 Å². The lowest BCUT2D eigenvalue weighted by atomic mass is 9.96. The van der Waals surface area contributed by atoms with Crippen LogP contribution < -0.4 is 37.5 Å². The number of aliphatic hydroxyl groups excluding tert-OH is 1. The number of hydrogen-bond donors (Lipinski definition) is 7. The highest BCUT2D eigenvalue weighted by atomic mass is 16.5. The van der Waals surface area contributed by atoms with Crippen LogP contribution in [0, 0.1) is 11.8 Å². The first-order valence-electron chi connectivity index (χ1n) is 17.6. The van der Waals surface area contributed by atoms with Gasteiger partial charge in [-0.3, -0.25) is 33.7 Å². The van der Waals surface area contributed by atoms with Crippen LogP contribution in [0.4, 0.5) is 0 Å². The Bertz CT molecular complexity index is 1340. The zero-order valence-corrected chi connectivity index (χ0v) is 29.6. The number of amides is 6. The molecule has 4 rings (SSSR count). The number of nitrogens with one attached hydrogen (secondary N) is 4. The van der Waals surface area contributed by atoms with Crippen molar-refractivity contribution in [3.63, 3.8) is 0 Å². The number of carbonyl (C=O) groups is 6. The average molecular weight is 702 g/mol. The number of rotatable bonds is 13. The molecule has 0 spiro atoms. The monoisotopic (exact) mass is 701 g/mol. The number of β-amino-alcohol motifs (C(OH)–C–C–N with tert-alkyl or cyclic N) is 1. The van der Waals surface area contributed by atoms with Gasteiger partial charge in [0.15, 0.2) is 0 Å². The third-order valence-electron chi connectivity index (χ3n) is 9.45. The van der Waals surface area contributed by atoms with Crippen LogP contribution in [-0.2, 0) is 35.2 Å². The molecule has 1 aromatic carbocycles. The summed E-state index contributed by atoms with van der Waals surface area (Å²) in [7, 11) is 0. The van der Waals surface area contributed by atoms with E-state index in [4.69, 9.17) is 16.2 Å². The summed E-state index contributed by atoms with van der Waals surface area (Å²) in [6, 6.07) is 2.68. The summed E-state index contributed by atoms with van der Waals surface area (Å²) in [5, 5.41) is 22.6. The van der Waals surface area contributed by atoms with Crippen LogP contribution in [0.25, 0.3) is 0 Å². The highest BCUT2D eigenvalue weighted by molar-refractivity contribution is 5.93. The Morgan fingerprint density at radius 2 is 1.70 bits per heavy atom. The Balaban J connectivity index is 1.81. The van der Waals surface area contributed by atoms with Gasteiger partial charge in [0.2, 0.25) is 35.4 Å². The zero-order chi connectivity index (χ0) is 37.0. The number of likely N-dealkylation sites (tertiary alicyclic amines) is 1. The average Bonchev–Trinajstić information content (AvgIpc) is 3.52. The SMILES string of the molecule is CC[C@H](C)[C@H](NC(=O)[C@@H]1CCCN1C[C@@H](O)[C@H]1Cc2ccc(cc2)OCCCCC(=O)NC(CC(N)=O)C(=O)N1)C(=O)N[C@H](C(N)=O)C(C)C. The lowest BCUT2D eigenvalue weighted by Crippen LogP contribution is -2.59. The van der Waals surface area contributed by atoms with Crippen molar-refractivity contribution in [3.8, 4) is 5.75 Å². The molecule has 1 saturated heterocycles. The largest absolute Gasteiger partial charge is 0.494 e. The first-order valence-corrected chi connectivity index (χ1v) is 17.6. The maximum atomic E-state index is 13.7. The molecule has 0 aromatic heterocycles. The van der Waals surface area contributed by atoms with Gasteiger partial charge in [-0.2, -0.15) is 0 Å². The third-order valence-corrected chi connectivity index (χ3v) is 9.45. The Kier molecular flexibility index (Phi) is 15.5. The Labute approximate surface area is 294 Å². The molecule has 3 aliphatic rings. The van der Waals surface area contributed by atoms with E-state index in [2.05, 4.69) is 21.3 Å². The highest BCUT2D eigenvalue weighted by Crippen LogP contribution is 2.21. The van der Waals surface area contributed by atoms with Crippen molar-refractivity contribution in [2.24, 2.45) is 23.3 Å². The van der Waals surface area contributed by atoms with E-state index >= 15 is 0 Å². The quantitative estimate of drug-likeness (QED) is 0.142.